The minimum atomic E-state index is -0.250. The van der Waals surface area contributed by atoms with E-state index in [1.807, 2.05) is 12.1 Å². The molecule has 0 saturated heterocycles. The van der Waals surface area contributed by atoms with Crippen molar-refractivity contribution < 1.29 is 23.4 Å². The first-order valence-corrected chi connectivity index (χ1v) is 11.6. The summed E-state index contributed by atoms with van der Waals surface area (Å²) in [6.07, 6.45) is 7.88. The number of carbonyl (C=O) groups is 1. The molecule has 0 N–H and O–H groups in total. The molecule has 2 fully saturated rings. The fraction of sp³-hybridized carbons (Fsp3) is 0.538. The van der Waals surface area contributed by atoms with Crippen LogP contribution in [0.15, 0.2) is 36.5 Å². The zero-order valence-corrected chi connectivity index (χ0v) is 18.9. The Morgan fingerprint density at radius 3 is 2.59 bits per heavy atom. The molecule has 1 atom stereocenters. The first-order chi connectivity index (χ1) is 15.6. The molecular weight excluding hydrogens is 409 g/mol. The number of hydrogen-bond donors (Lipinski definition) is 0. The van der Waals surface area contributed by atoms with Crippen LogP contribution >= 0.6 is 0 Å². The third kappa shape index (κ3) is 5.59. The van der Waals surface area contributed by atoms with Gasteiger partial charge in [0, 0.05) is 6.07 Å². The van der Waals surface area contributed by atoms with Crippen LogP contribution in [-0.2, 0) is 9.53 Å². The van der Waals surface area contributed by atoms with Crippen molar-refractivity contribution in [2.75, 3.05) is 20.8 Å². The standard InChI is InChI=1S/C26H32FNO4/c1-30-25-13-23(24(27)15-28-25)19-8-6-17(7-9-19)16-32-21-5-3-4-20(12-21)22(18-10-11-18)14-26(29)31-2/h3-5,12-13,15,17-19,22H,6-11,14,16H2,1-2H3. The summed E-state index contributed by atoms with van der Waals surface area (Å²) in [5.74, 6) is 2.32. The highest BCUT2D eigenvalue weighted by Crippen LogP contribution is 2.45. The molecule has 2 aliphatic rings. The van der Waals surface area contributed by atoms with Gasteiger partial charge in [-0.3, -0.25) is 4.79 Å². The molecule has 1 unspecified atom stereocenters. The predicted molar refractivity (Wildman–Crippen MR) is 119 cm³/mol. The van der Waals surface area contributed by atoms with Gasteiger partial charge in [0.25, 0.3) is 0 Å². The smallest absolute Gasteiger partial charge is 0.306 e. The first-order valence-electron chi connectivity index (χ1n) is 11.6. The van der Waals surface area contributed by atoms with Gasteiger partial charge in [-0.15, -0.1) is 0 Å². The van der Waals surface area contributed by atoms with E-state index in [1.165, 1.54) is 26.1 Å². The van der Waals surface area contributed by atoms with Crippen LogP contribution in [0.3, 0.4) is 0 Å². The van der Waals surface area contributed by atoms with Crippen molar-refractivity contribution in [1.82, 2.24) is 4.98 Å². The van der Waals surface area contributed by atoms with Crippen molar-refractivity contribution in [2.24, 2.45) is 11.8 Å². The maximum atomic E-state index is 14.3. The van der Waals surface area contributed by atoms with E-state index in [9.17, 15) is 9.18 Å². The molecule has 1 aromatic heterocycles. The van der Waals surface area contributed by atoms with Gasteiger partial charge in [0.05, 0.1) is 33.4 Å². The Hall–Kier alpha value is -2.63. The molecule has 1 aromatic carbocycles. The van der Waals surface area contributed by atoms with E-state index in [0.29, 0.717) is 36.3 Å². The van der Waals surface area contributed by atoms with E-state index in [2.05, 4.69) is 17.1 Å². The molecule has 0 bridgehead atoms. The highest BCUT2D eigenvalue weighted by atomic mass is 19.1. The van der Waals surface area contributed by atoms with E-state index in [4.69, 9.17) is 14.2 Å². The largest absolute Gasteiger partial charge is 0.493 e. The Labute approximate surface area is 189 Å². The molecule has 4 rings (SSSR count). The lowest BCUT2D eigenvalue weighted by Gasteiger charge is -2.29. The topological polar surface area (TPSA) is 57.7 Å². The average Bonchev–Trinajstić information content (AvgIpc) is 3.67. The van der Waals surface area contributed by atoms with Crippen LogP contribution in [0, 0.1) is 17.7 Å². The van der Waals surface area contributed by atoms with E-state index >= 15 is 0 Å². The molecule has 0 amide bonds. The van der Waals surface area contributed by atoms with Gasteiger partial charge in [0.1, 0.15) is 11.6 Å². The van der Waals surface area contributed by atoms with Gasteiger partial charge in [0.2, 0.25) is 5.88 Å². The van der Waals surface area contributed by atoms with Gasteiger partial charge in [-0.2, -0.15) is 0 Å². The van der Waals surface area contributed by atoms with Crippen molar-refractivity contribution in [3.8, 4) is 11.6 Å². The second-order valence-electron chi connectivity index (χ2n) is 9.07. The Morgan fingerprint density at radius 2 is 1.91 bits per heavy atom. The summed E-state index contributed by atoms with van der Waals surface area (Å²) in [5.41, 5.74) is 1.86. The molecule has 1 heterocycles. The molecule has 2 aromatic rings. The Balaban J connectivity index is 1.31. The summed E-state index contributed by atoms with van der Waals surface area (Å²) in [7, 11) is 3.00. The maximum Gasteiger partial charge on any atom is 0.306 e. The van der Waals surface area contributed by atoms with E-state index < -0.39 is 0 Å². The van der Waals surface area contributed by atoms with Gasteiger partial charge in [-0.25, -0.2) is 9.37 Å². The summed E-state index contributed by atoms with van der Waals surface area (Å²) < 4.78 is 30.5. The van der Waals surface area contributed by atoms with Gasteiger partial charge in [-0.05, 0) is 85.5 Å². The molecule has 0 spiro atoms. The number of halogens is 1. The van der Waals surface area contributed by atoms with Crippen LogP contribution < -0.4 is 9.47 Å². The quantitative estimate of drug-likeness (QED) is 0.472. The highest BCUT2D eigenvalue weighted by Gasteiger charge is 2.34. The molecule has 0 radical (unpaired) electrons. The SMILES string of the molecule is COC(=O)CC(c1cccc(OCC2CCC(c3cc(OC)ncc3F)CC2)c1)C1CC1. The van der Waals surface area contributed by atoms with Crippen molar-refractivity contribution in [2.45, 2.75) is 56.8 Å². The van der Waals surface area contributed by atoms with Crippen molar-refractivity contribution in [1.29, 1.82) is 0 Å². The van der Waals surface area contributed by atoms with Crippen molar-refractivity contribution >= 4 is 5.97 Å². The summed E-state index contributed by atoms with van der Waals surface area (Å²) in [5, 5.41) is 0. The number of rotatable bonds is 9. The Bertz CT molecular complexity index is 922. The zero-order chi connectivity index (χ0) is 22.5. The molecule has 2 aliphatic carbocycles. The average molecular weight is 442 g/mol. The second-order valence-corrected chi connectivity index (χ2v) is 9.07. The molecule has 172 valence electrons. The van der Waals surface area contributed by atoms with Gasteiger partial charge in [0.15, 0.2) is 0 Å². The van der Waals surface area contributed by atoms with Crippen LogP contribution in [0.5, 0.6) is 11.6 Å². The van der Waals surface area contributed by atoms with E-state index in [0.717, 1.165) is 37.0 Å². The molecular formula is C26H32FNO4. The van der Waals surface area contributed by atoms with E-state index in [-0.39, 0.29) is 23.6 Å². The predicted octanol–water partition coefficient (Wildman–Crippen LogP) is 5.64. The zero-order valence-electron chi connectivity index (χ0n) is 18.9. The van der Waals surface area contributed by atoms with Crippen molar-refractivity contribution in [3.05, 3.63) is 53.5 Å². The molecule has 5 nitrogen and oxygen atoms in total. The van der Waals surface area contributed by atoms with E-state index in [1.54, 1.807) is 13.2 Å². The van der Waals surface area contributed by atoms with Crippen LogP contribution in [0.25, 0.3) is 0 Å². The minimum Gasteiger partial charge on any atom is -0.493 e. The number of methoxy groups -OCH3 is 2. The lowest BCUT2D eigenvalue weighted by Crippen LogP contribution is -2.20. The molecule has 32 heavy (non-hydrogen) atoms. The molecule has 0 aliphatic heterocycles. The first kappa shape index (κ1) is 22.6. The second kappa shape index (κ2) is 10.3. The number of benzene rings is 1. The lowest BCUT2D eigenvalue weighted by molar-refractivity contribution is -0.141. The number of nitrogens with zero attached hydrogens (tertiary/aromatic N) is 1. The maximum absolute atomic E-state index is 14.3. The van der Waals surface area contributed by atoms with Gasteiger partial charge in [-0.1, -0.05) is 12.1 Å². The number of pyridine rings is 1. The summed E-state index contributed by atoms with van der Waals surface area (Å²) in [6, 6.07) is 9.88. The summed E-state index contributed by atoms with van der Waals surface area (Å²) >= 11 is 0. The van der Waals surface area contributed by atoms with Crippen LogP contribution in [0.1, 0.15) is 67.9 Å². The number of esters is 1. The fourth-order valence-electron chi connectivity index (χ4n) is 4.87. The number of ether oxygens (including phenoxy) is 3. The van der Waals surface area contributed by atoms with Crippen LogP contribution in [0.4, 0.5) is 4.39 Å². The molecule has 2 saturated carbocycles. The number of carbonyl (C=O) groups excluding carboxylic acids is 1. The van der Waals surface area contributed by atoms with Gasteiger partial charge < -0.3 is 14.2 Å². The minimum absolute atomic E-state index is 0.159. The van der Waals surface area contributed by atoms with Crippen molar-refractivity contribution in [3.63, 3.8) is 0 Å². The third-order valence-electron chi connectivity index (χ3n) is 6.93. The number of aromatic nitrogens is 1. The molecule has 6 heteroatoms. The lowest BCUT2D eigenvalue weighted by atomic mass is 9.79. The fourth-order valence-corrected chi connectivity index (χ4v) is 4.87. The Kier molecular flexibility index (Phi) is 7.28. The normalized spacial score (nSPS) is 21.6. The summed E-state index contributed by atoms with van der Waals surface area (Å²) in [4.78, 5) is 15.8. The third-order valence-corrected chi connectivity index (χ3v) is 6.93. The summed E-state index contributed by atoms with van der Waals surface area (Å²) in [6.45, 7) is 0.656. The Morgan fingerprint density at radius 1 is 1.12 bits per heavy atom. The number of hydrogen-bond acceptors (Lipinski definition) is 5. The van der Waals surface area contributed by atoms with Gasteiger partial charge >= 0.3 is 5.97 Å². The monoisotopic (exact) mass is 441 g/mol. The van der Waals surface area contributed by atoms with Crippen LogP contribution in [0.2, 0.25) is 0 Å². The van der Waals surface area contributed by atoms with Crippen LogP contribution in [-0.4, -0.2) is 31.8 Å². The highest BCUT2D eigenvalue weighted by molar-refractivity contribution is 5.70.